The Kier molecular flexibility index (Phi) is 5.76. The fourth-order valence-corrected chi connectivity index (χ4v) is 2.80. The molecule has 0 spiro atoms. The van der Waals surface area contributed by atoms with E-state index in [0.29, 0.717) is 18.4 Å². The molecule has 2 heterocycles. The van der Waals surface area contributed by atoms with Crippen LogP contribution in [0.5, 0.6) is 0 Å². The number of hydrogen-bond acceptors (Lipinski definition) is 5. The summed E-state index contributed by atoms with van der Waals surface area (Å²) in [5.74, 6) is 1.51. The molecule has 0 unspecified atom stereocenters. The lowest BCUT2D eigenvalue weighted by Crippen LogP contribution is -2.28. The maximum atomic E-state index is 11.5. The van der Waals surface area contributed by atoms with Crippen LogP contribution in [0.3, 0.4) is 0 Å². The van der Waals surface area contributed by atoms with Crippen LogP contribution in [0.15, 0.2) is 0 Å². The van der Waals surface area contributed by atoms with Crippen LogP contribution < -0.4 is 10.6 Å². The highest BCUT2D eigenvalue weighted by molar-refractivity contribution is 5.89. The monoisotopic (exact) mass is 309 g/mol. The molecule has 22 heavy (non-hydrogen) atoms. The number of nitrogens with zero attached hydrogens (tertiary/aromatic N) is 4. The number of rotatable bonds is 7. The van der Waals surface area contributed by atoms with E-state index in [9.17, 15) is 4.79 Å². The number of ether oxygens (including phenoxy) is 1. The molecule has 124 valence electrons. The normalized spacial score (nSPS) is 16.2. The highest BCUT2D eigenvalue weighted by Gasteiger charge is 2.21. The molecule has 1 fully saturated rings. The summed E-state index contributed by atoms with van der Waals surface area (Å²) < 4.78 is 7.22. The molecule has 2 rings (SSSR count). The Hall–Kier alpha value is -1.63. The molecule has 1 saturated heterocycles. The van der Waals surface area contributed by atoms with Gasteiger partial charge in [0.25, 0.3) is 5.91 Å². The molecule has 0 bridgehead atoms. The summed E-state index contributed by atoms with van der Waals surface area (Å²) in [6.45, 7) is 7.49. The highest BCUT2D eigenvalue weighted by Crippen LogP contribution is 2.21. The molecule has 2 N–H and O–H groups in total. The Morgan fingerprint density at radius 2 is 2.09 bits per heavy atom. The zero-order valence-corrected chi connectivity index (χ0v) is 13.8. The highest BCUT2D eigenvalue weighted by atomic mass is 16.5. The fourth-order valence-electron chi connectivity index (χ4n) is 2.80. The molecule has 0 aliphatic carbocycles. The van der Waals surface area contributed by atoms with Gasteiger partial charge in [-0.2, -0.15) is 0 Å². The Labute approximate surface area is 131 Å². The summed E-state index contributed by atoms with van der Waals surface area (Å²) in [5.41, 5.74) is 5.40. The van der Waals surface area contributed by atoms with Crippen LogP contribution in [0.4, 0.5) is 5.95 Å². The Morgan fingerprint density at radius 1 is 1.41 bits per heavy atom. The molecular formula is C15H27N5O2. The number of anilines is 1. The van der Waals surface area contributed by atoms with Gasteiger partial charge in [0.1, 0.15) is 0 Å². The van der Waals surface area contributed by atoms with Gasteiger partial charge < -0.3 is 15.4 Å². The van der Waals surface area contributed by atoms with E-state index in [0.717, 1.165) is 45.0 Å². The molecule has 1 aliphatic rings. The number of primary amides is 1. The Bertz CT molecular complexity index is 494. The van der Waals surface area contributed by atoms with Crippen molar-refractivity contribution >= 4 is 11.9 Å². The third kappa shape index (κ3) is 4.19. The van der Waals surface area contributed by atoms with Gasteiger partial charge in [-0.3, -0.25) is 9.36 Å². The molecule has 0 saturated carbocycles. The van der Waals surface area contributed by atoms with Gasteiger partial charge in [0.2, 0.25) is 11.8 Å². The molecule has 0 aromatic carbocycles. The number of nitrogens with two attached hydrogens (primary N) is 1. The minimum atomic E-state index is -0.530. The van der Waals surface area contributed by atoms with E-state index in [2.05, 4.69) is 28.9 Å². The van der Waals surface area contributed by atoms with Crippen LogP contribution >= 0.6 is 0 Å². The van der Waals surface area contributed by atoms with Crippen molar-refractivity contribution in [2.45, 2.75) is 39.7 Å². The first-order valence-electron chi connectivity index (χ1n) is 8.01. The van der Waals surface area contributed by atoms with Gasteiger partial charge in [0.15, 0.2) is 0 Å². The van der Waals surface area contributed by atoms with Crippen molar-refractivity contribution in [1.29, 1.82) is 0 Å². The van der Waals surface area contributed by atoms with Gasteiger partial charge in [0, 0.05) is 33.4 Å². The molecule has 0 atom stereocenters. The van der Waals surface area contributed by atoms with Crippen LogP contribution in [0.1, 0.15) is 43.7 Å². The summed E-state index contributed by atoms with van der Waals surface area (Å²) in [6, 6.07) is 0. The lowest BCUT2D eigenvalue weighted by molar-refractivity contribution is 0.0645. The predicted molar refractivity (Wildman–Crippen MR) is 84.8 cm³/mol. The second-order valence-electron chi connectivity index (χ2n) is 6.46. The van der Waals surface area contributed by atoms with Crippen LogP contribution in [-0.2, 0) is 11.3 Å². The first kappa shape index (κ1) is 16.7. The van der Waals surface area contributed by atoms with Crippen LogP contribution in [0.25, 0.3) is 0 Å². The van der Waals surface area contributed by atoms with Crippen molar-refractivity contribution in [2.75, 3.05) is 31.7 Å². The second kappa shape index (κ2) is 7.58. The maximum Gasteiger partial charge on any atom is 0.286 e. The standard InChI is InChI=1S/C15H27N5O2/c1-11(2)10-20-14(13(16)21)17-18-15(20)19(3)7-4-12-5-8-22-9-6-12/h11-12H,4-10H2,1-3H3,(H2,16,21). The fraction of sp³-hybridized carbons (Fsp3) is 0.800. The minimum Gasteiger partial charge on any atom is -0.381 e. The molecule has 0 radical (unpaired) electrons. The first-order chi connectivity index (χ1) is 10.5. The largest absolute Gasteiger partial charge is 0.381 e. The van der Waals surface area contributed by atoms with Gasteiger partial charge in [0.05, 0.1) is 0 Å². The molecule has 1 aliphatic heterocycles. The summed E-state index contributed by atoms with van der Waals surface area (Å²) >= 11 is 0. The molecule has 1 amide bonds. The van der Waals surface area contributed by atoms with Crippen molar-refractivity contribution in [2.24, 2.45) is 17.6 Å². The van der Waals surface area contributed by atoms with Gasteiger partial charge in [-0.05, 0) is 31.1 Å². The van der Waals surface area contributed by atoms with Crippen LogP contribution in [0.2, 0.25) is 0 Å². The number of amides is 1. The molecule has 1 aromatic rings. The van der Waals surface area contributed by atoms with Gasteiger partial charge in [-0.1, -0.05) is 13.8 Å². The SMILES string of the molecule is CC(C)Cn1c(C(N)=O)nnc1N(C)CCC1CCOCC1. The Morgan fingerprint density at radius 3 is 2.68 bits per heavy atom. The quantitative estimate of drug-likeness (QED) is 0.820. The lowest BCUT2D eigenvalue weighted by Gasteiger charge is -2.25. The number of carbonyl (C=O) groups is 1. The van der Waals surface area contributed by atoms with Crippen molar-refractivity contribution in [1.82, 2.24) is 14.8 Å². The van der Waals surface area contributed by atoms with Crippen molar-refractivity contribution in [3.8, 4) is 0 Å². The molecule has 7 nitrogen and oxygen atoms in total. The van der Waals surface area contributed by atoms with Crippen LogP contribution in [0, 0.1) is 11.8 Å². The van der Waals surface area contributed by atoms with E-state index >= 15 is 0 Å². The number of aromatic nitrogens is 3. The second-order valence-corrected chi connectivity index (χ2v) is 6.46. The maximum absolute atomic E-state index is 11.5. The molecule has 1 aromatic heterocycles. The minimum absolute atomic E-state index is 0.238. The molecular weight excluding hydrogens is 282 g/mol. The van der Waals surface area contributed by atoms with E-state index < -0.39 is 5.91 Å². The Balaban J connectivity index is 2.04. The summed E-state index contributed by atoms with van der Waals surface area (Å²) in [4.78, 5) is 13.6. The summed E-state index contributed by atoms with van der Waals surface area (Å²) in [7, 11) is 1.99. The summed E-state index contributed by atoms with van der Waals surface area (Å²) in [5, 5.41) is 8.13. The predicted octanol–water partition coefficient (Wildman–Crippen LogP) is 1.29. The average Bonchev–Trinajstić information content (AvgIpc) is 2.89. The molecule has 7 heteroatoms. The lowest BCUT2D eigenvalue weighted by atomic mass is 9.96. The first-order valence-corrected chi connectivity index (χ1v) is 8.01. The van der Waals surface area contributed by atoms with E-state index in [1.54, 1.807) is 0 Å². The zero-order chi connectivity index (χ0) is 16.1. The average molecular weight is 309 g/mol. The number of carbonyl (C=O) groups excluding carboxylic acids is 1. The van der Waals surface area contributed by atoms with E-state index in [1.807, 2.05) is 11.6 Å². The topological polar surface area (TPSA) is 86.3 Å². The smallest absolute Gasteiger partial charge is 0.286 e. The van der Waals surface area contributed by atoms with Crippen molar-refractivity contribution < 1.29 is 9.53 Å². The van der Waals surface area contributed by atoms with E-state index in [4.69, 9.17) is 10.5 Å². The summed E-state index contributed by atoms with van der Waals surface area (Å²) in [6.07, 6.45) is 3.35. The van der Waals surface area contributed by atoms with Crippen molar-refractivity contribution in [3.05, 3.63) is 5.82 Å². The van der Waals surface area contributed by atoms with Gasteiger partial charge >= 0.3 is 0 Å². The van der Waals surface area contributed by atoms with Gasteiger partial charge in [-0.25, -0.2) is 0 Å². The van der Waals surface area contributed by atoms with E-state index in [-0.39, 0.29) is 5.82 Å². The van der Waals surface area contributed by atoms with Crippen molar-refractivity contribution in [3.63, 3.8) is 0 Å². The third-order valence-electron chi connectivity index (χ3n) is 4.05. The van der Waals surface area contributed by atoms with E-state index in [1.165, 1.54) is 0 Å². The van der Waals surface area contributed by atoms with Gasteiger partial charge in [-0.15, -0.1) is 10.2 Å². The third-order valence-corrected chi connectivity index (χ3v) is 4.05. The van der Waals surface area contributed by atoms with Crippen LogP contribution in [-0.4, -0.2) is 47.5 Å². The zero-order valence-electron chi connectivity index (χ0n) is 13.8. The number of hydrogen-bond donors (Lipinski definition) is 1.